The average Bonchev–Trinajstić information content (AvgIpc) is 3.01. The average molecular weight is 436 g/mol. The summed E-state index contributed by atoms with van der Waals surface area (Å²) in [4.78, 5) is 49.4. The predicted molar refractivity (Wildman–Crippen MR) is 110 cm³/mol. The minimum atomic E-state index is -0.593. The molecular weight excluding hydrogens is 414 g/mol. The number of carbonyl (C=O) groups excluding carboxylic acids is 3. The van der Waals surface area contributed by atoms with Gasteiger partial charge >= 0.3 is 5.97 Å². The number of hydrogen-bond acceptors (Lipinski definition) is 10. The third kappa shape index (κ3) is 5.10. The van der Waals surface area contributed by atoms with E-state index in [1.165, 1.54) is 17.5 Å². The number of nitrogens with zero attached hydrogens (tertiary/aromatic N) is 3. The maximum absolute atomic E-state index is 12.2. The smallest absolute Gasteiger partial charge is 0.343 e. The second-order valence-electron chi connectivity index (χ2n) is 7.24. The van der Waals surface area contributed by atoms with E-state index in [1.807, 2.05) is 13.8 Å². The molecule has 0 unspecified atom stereocenters. The molecule has 3 rings (SSSR count). The summed E-state index contributed by atoms with van der Waals surface area (Å²) < 4.78 is 4.87. The van der Waals surface area contributed by atoms with E-state index in [1.54, 1.807) is 6.92 Å². The Balaban J connectivity index is 1.59. The van der Waals surface area contributed by atoms with Crippen molar-refractivity contribution in [1.82, 2.24) is 15.0 Å². The summed E-state index contributed by atoms with van der Waals surface area (Å²) in [5.74, 6) is -0.862. The second-order valence-corrected chi connectivity index (χ2v) is 9.27. The SMILES string of the molecule is CCOC(=O)c1cnc(SCC(=O)Nc2nc3c(s2)CC(C)(C)CC3=O)nc1N. The van der Waals surface area contributed by atoms with E-state index in [9.17, 15) is 14.4 Å². The van der Waals surface area contributed by atoms with Crippen LogP contribution in [0.25, 0.3) is 0 Å². The van der Waals surface area contributed by atoms with Crippen molar-refractivity contribution in [3.8, 4) is 0 Å². The zero-order valence-corrected chi connectivity index (χ0v) is 17.9. The number of hydrogen-bond donors (Lipinski definition) is 2. The number of nitrogen functional groups attached to an aromatic ring is 1. The molecule has 11 heteroatoms. The van der Waals surface area contributed by atoms with E-state index >= 15 is 0 Å². The molecule has 0 fully saturated rings. The molecule has 0 bridgehead atoms. The number of nitrogens with one attached hydrogen (secondary N) is 1. The first-order chi connectivity index (χ1) is 13.7. The first-order valence-electron chi connectivity index (χ1n) is 8.93. The molecular formula is C18H21N5O4S2. The van der Waals surface area contributed by atoms with Gasteiger partial charge in [-0.05, 0) is 18.8 Å². The highest BCUT2D eigenvalue weighted by Crippen LogP contribution is 2.38. The number of fused-ring (bicyclic) bond motifs is 1. The van der Waals surface area contributed by atoms with E-state index in [4.69, 9.17) is 10.5 Å². The molecule has 1 amide bonds. The third-order valence-corrected chi connectivity index (χ3v) is 5.94. The van der Waals surface area contributed by atoms with Crippen LogP contribution in [0.3, 0.4) is 0 Å². The van der Waals surface area contributed by atoms with Gasteiger partial charge in [-0.2, -0.15) is 0 Å². The Kier molecular flexibility index (Phi) is 6.18. The van der Waals surface area contributed by atoms with E-state index in [0.717, 1.165) is 23.1 Å². The molecule has 2 aromatic heterocycles. The fourth-order valence-electron chi connectivity index (χ4n) is 2.86. The van der Waals surface area contributed by atoms with Gasteiger partial charge in [-0.25, -0.2) is 19.7 Å². The first-order valence-corrected chi connectivity index (χ1v) is 10.7. The molecule has 3 N–H and O–H groups in total. The molecule has 2 aromatic rings. The lowest BCUT2D eigenvalue weighted by Crippen LogP contribution is -2.26. The van der Waals surface area contributed by atoms with Gasteiger partial charge < -0.3 is 15.8 Å². The summed E-state index contributed by atoms with van der Waals surface area (Å²) in [5.41, 5.74) is 6.22. The van der Waals surface area contributed by atoms with Crippen LogP contribution in [0.2, 0.25) is 0 Å². The number of Topliss-reactive ketones (excluding diaryl/α,β-unsaturated/α-hetero) is 1. The zero-order valence-electron chi connectivity index (χ0n) is 16.3. The molecule has 0 saturated heterocycles. The Bertz CT molecular complexity index is 973. The third-order valence-electron chi connectivity index (χ3n) is 4.11. The minimum Gasteiger partial charge on any atom is -0.462 e. The summed E-state index contributed by atoms with van der Waals surface area (Å²) in [6, 6.07) is 0. The number of anilines is 2. The monoisotopic (exact) mass is 435 g/mol. The van der Waals surface area contributed by atoms with Crippen molar-refractivity contribution in [2.75, 3.05) is 23.4 Å². The van der Waals surface area contributed by atoms with Crippen molar-refractivity contribution in [2.45, 2.75) is 38.8 Å². The van der Waals surface area contributed by atoms with Crippen LogP contribution in [0.5, 0.6) is 0 Å². The van der Waals surface area contributed by atoms with Crippen LogP contribution in [-0.4, -0.2) is 45.0 Å². The maximum Gasteiger partial charge on any atom is 0.343 e. The highest BCUT2D eigenvalue weighted by molar-refractivity contribution is 7.99. The molecule has 0 saturated carbocycles. The van der Waals surface area contributed by atoms with E-state index in [-0.39, 0.29) is 46.0 Å². The molecule has 29 heavy (non-hydrogen) atoms. The van der Waals surface area contributed by atoms with E-state index < -0.39 is 5.97 Å². The molecule has 0 atom stereocenters. The van der Waals surface area contributed by atoms with Crippen molar-refractivity contribution in [3.05, 3.63) is 22.3 Å². The van der Waals surface area contributed by atoms with Crippen LogP contribution >= 0.6 is 23.1 Å². The maximum atomic E-state index is 12.2. The van der Waals surface area contributed by atoms with Crippen molar-refractivity contribution < 1.29 is 19.1 Å². The van der Waals surface area contributed by atoms with Gasteiger partial charge in [0.1, 0.15) is 17.1 Å². The lowest BCUT2D eigenvalue weighted by Gasteiger charge is -2.26. The Morgan fingerprint density at radius 1 is 1.34 bits per heavy atom. The zero-order chi connectivity index (χ0) is 21.2. The lowest BCUT2D eigenvalue weighted by atomic mass is 9.78. The number of carbonyl (C=O) groups is 3. The quantitative estimate of drug-likeness (QED) is 0.398. The molecule has 9 nitrogen and oxygen atoms in total. The molecule has 2 heterocycles. The van der Waals surface area contributed by atoms with Crippen molar-refractivity contribution in [2.24, 2.45) is 5.41 Å². The van der Waals surface area contributed by atoms with Crippen molar-refractivity contribution in [1.29, 1.82) is 0 Å². The van der Waals surface area contributed by atoms with Gasteiger partial charge in [0, 0.05) is 17.5 Å². The number of rotatable bonds is 6. The van der Waals surface area contributed by atoms with Crippen LogP contribution in [0.1, 0.15) is 52.9 Å². The predicted octanol–water partition coefficient (Wildman–Crippen LogP) is 2.58. The lowest BCUT2D eigenvalue weighted by molar-refractivity contribution is -0.113. The molecule has 0 aromatic carbocycles. The standard InChI is InChI=1S/C18H21N5O4S2/c1-4-27-15(26)9-7-20-16(23-14(9)19)28-8-12(25)21-17-22-13-10(24)5-18(2,3)6-11(13)29-17/h7H,4-6,8H2,1-3H3,(H2,19,20,23)(H,21,22,25). The Hall–Kier alpha value is -2.53. The Morgan fingerprint density at radius 3 is 2.79 bits per heavy atom. The summed E-state index contributed by atoms with van der Waals surface area (Å²) >= 11 is 2.40. The minimum absolute atomic E-state index is 0.00455. The van der Waals surface area contributed by atoms with Gasteiger partial charge in [0.05, 0.1) is 12.4 Å². The fourth-order valence-corrected chi connectivity index (χ4v) is 4.73. The number of thiazole rings is 1. The fraction of sp³-hybridized carbons (Fsp3) is 0.444. The molecule has 154 valence electrons. The number of amides is 1. The number of ether oxygens (including phenoxy) is 1. The number of aromatic nitrogens is 3. The van der Waals surface area contributed by atoms with Gasteiger partial charge in [0.2, 0.25) is 5.91 Å². The molecule has 0 radical (unpaired) electrons. The van der Waals surface area contributed by atoms with Crippen LogP contribution < -0.4 is 11.1 Å². The summed E-state index contributed by atoms with van der Waals surface area (Å²) in [7, 11) is 0. The Morgan fingerprint density at radius 2 is 2.10 bits per heavy atom. The number of nitrogens with two attached hydrogens (primary N) is 1. The summed E-state index contributed by atoms with van der Waals surface area (Å²) in [6.07, 6.45) is 2.49. The molecule has 1 aliphatic carbocycles. The summed E-state index contributed by atoms with van der Waals surface area (Å²) in [6.45, 7) is 5.99. The second kappa shape index (κ2) is 8.46. The summed E-state index contributed by atoms with van der Waals surface area (Å²) in [5, 5.41) is 3.38. The van der Waals surface area contributed by atoms with E-state index in [0.29, 0.717) is 17.2 Å². The molecule has 0 aliphatic heterocycles. The largest absolute Gasteiger partial charge is 0.462 e. The van der Waals surface area contributed by atoms with Crippen LogP contribution in [-0.2, 0) is 16.0 Å². The van der Waals surface area contributed by atoms with Crippen LogP contribution in [0.15, 0.2) is 11.4 Å². The first kappa shape index (κ1) is 21.2. The van der Waals surface area contributed by atoms with Crippen molar-refractivity contribution in [3.63, 3.8) is 0 Å². The number of esters is 1. The van der Waals surface area contributed by atoms with Gasteiger partial charge in [0.15, 0.2) is 16.1 Å². The molecule has 0 spiro atoms. The number of ketones is 1. The highest BCUT2D eigenvalue weighted by atomic mass is 32.2. The van der Waals surface area contributed by atoms with Gasteiger partial charge in [-0.1, -0.05) is 25.6 Å². The van der Waals surface area contributed by atoms with Crippen molar-refractivity contribution >= 4 is 51.7 Å². The number of thioether (sulfide) groups is 1. The molecule has 1 aliphatic rings. The van der Waals surface area contributed by atoms with Crippen LogP contribution in [0.4, 0.5) is 10.9 Å². The van der Waals surface area contributed by atoms with E-state index in [2.05, 4.69) is 20.3 Å². The van der Waals surface area contributed by atoms with Gasteiger partial charge in [-0.3, -0.25) is 9.59 Å². The van der Waals surface area contributed by atoms with Gasteiger partial charge in [0.25, 0.3) is 0 Å². The Labute approximate surface area is 175 Å². The van der Waals surface area contributed by atoms with Crippen LogP contribution in [0, 0.1) is 5.41 Å². The highest BCUT2D eigenvalue weighted by Gasteiger charge is 2.34. The normalized spacial score (nSPS) is 14.9. The topological polar surface area (TPSA) is 137 Å². The van der Waals surface area contributed by atoms with Gasteiger partial charge in [-0.15, -0.1) is 11.3 Å².